The van der Waals surface area contributed by atoms with Gasteiger partial charge in [-0.1, -0.05) is 30.3 Å². The molecule has 0 spiro atoms. The van der Waals surface area contributed by atoms with Gasteiger partial charge in [-0.3, -0.25) is 0 Å². The van der Waals surface area contributed by atoms with E-state index in [2.05, 4.69) is 48.3 Å². The zero-order chi connectivity index (χ0) is 12.8. The topological polar surface area (TPSA) is 28.9 Å². The Kier molecular flexibility index (Phi) is 2.06. The van der Waals surface area contributed by atoms with E-state index in [1.54, 1.807) is 0 Å². The second-order valence-electron chi connectivity index (χ2n) is 4.87. The van der Waals surface area contributed by atoms with Crippen molar-refractivity contribution in [1.29, 1.82) is 0 Å². The van der Waals surface area contributed by atoms with E-state index < -0.39 is 0 Å². The molecule has 0 bridgehead atoms. The summed E-state index contributed by atoms with van der Waals surface area (Å²) in [4.78, 5) is 3.34. The van der Waals surface area contributed by atoms with E-state index in [1.807, 2.05) is 18.2 Å². The van der Waals surface area contributed by atoms with E-state index in [0.717, 1.165) is 38.9 Å². The van der Waals surface area contributed by atoms with Crippen LogP contribution in [0.4, 0.5) is 0 Å². The van der Waals surface area contributed by atoms with E-state index in [9.17, 15) is 0 Å². The number of hydrogen-bond acceptors (Lipinski definition) is 1. The highest BCUT2D eigenvalue weighted by Gasteiger charge is 2.10. The standard InChI is InChI=1S/C17H13NO/c1-11-9-14-15(18-11)8-7-13-10-16(19-17(13)14)12-5-3-2-4-6-12/h2-10,18H,1H3. The summed E-state index contributed by atoms with van der Waals surface area (Å²) in [5.74, 6) is 0.918. The van der Waals surface area contributed by atoms with Crippen molar-refractivity contribution in [2.75, 3.05) is 0 Å². The molecule has 0 fully saturated rings. The molecular weight excluding hydrogens is 234 g/mol. The molecule has 4 rings (SSSR count). The van der Waals surface area contributed by atoms with Crippen molar-refractivity contribution in [2.24, 2.45) is 0 Å². The highest BCUT2D eigenvalue weighted by molar-refractivity contribution is 6.04. The minimum atomic E-state index is 0.918. The Morgan fingerprint density at radius 3 is 2.63 bits per heavy atom. The van der Waals surface area contributed by atoms with Gasteiger partial charge in [0.1, 0.15) is 11.3 Å². The molecule has 2 aromatic carbocycles. The van der Waals surface area contributed by atoms with Gasteiger partial charge in [-0.2, -0.15) is 0 Å². The van der Waals surface area contributed by atoms with E-state index in [4.69, 9.17) is 4.42 Å². The molecule has 0 radical (unpaired) electrons. The summed E-state index contributed by atoms with van der Waals surface area (Å²) in [6.07, 6.45) is 0. The largest absolute Gasteiger partial charge is 0.455 e. The fraction of sp³-hybridized carbons (Fsp3) is 0.0588. The highest BCUT2D eigenvalue weighted by Crippen LogP contribution is 2.32. The maximum absolute atomic E-state index is 6.06. The molecule has 0 aliphatic carbocycles. The molecular formula is C17H13NO. The summed E-state index contributed by atoms with van der Waals surface area (Å²) in [5, 5.41) is 2.29. The number of aryl methyl sites for hydroxylation is 1. The van der Waals surface area contributed by atoms with E-state index in [0.29, 0.717) is 0 Å². The van der Waals surface area contributed by atoms with Crippen LogP contribution in [0, 0.1) is 6.92 Å². The van der Waals surface area contributed by atoms with Crippen LogP contribution >= 0.6 is 0 Å². The molecule has 0 amide bonds. The van der Waals surface area contributed by atoms with Gasteiger partial charge in [0.15, 0.2) is 0 Å². The monoisotopic (exact) mass is 247 g/mol. The number of rotatable bonds is 1. The first-order chi connectivity index (χ1) is 9.31. The van der Waals surface area contributed by atoms with E-state index in [-0.39, 0.29) is 0 Å². The maximum Gasteiger partial charge on any atom is 0.144 e. The molecule has 0 saturated carbocycles. The minimum Gasteiger partial charge on any atom is -0.455 e. The number of aromatic nitrogens is 1. The van der Waals surface area contributed by atoms with Crippen LogP contribution in [0.15, 0.2) is 59.0 Å². The number of nitrogens with one attached hydrogen (secondary N) is 1. The average molecular weight is 247 g/mol. The van der Waals surface area contributed by atoms with Crippen molar-refractivity contribution in [3.63, 3.8) is 0 Å². The molecule has 0 saturated heterocycles. The molecule has 2 heterocycles. The first-order valence-electron chi connectivity index (χ1n) is 6.38. The van der Waals surface area contributed by atoms with Crippen LogP contribution in [0.5, 0.6) is 0 Å². The number of benzene rings is 2. The Labute approximate surface area is 110 Å². The van der Waals surface area contributed by atoms with Crippen LogP contribution in [-0.2, 0) is 0 Å². The summed E-state index contributed by atoms with van der Waals surface area (Å²) in [5.41, 5.74) is 4.35. The SMILES string of the molecule is Cc1cc2c(ccc3cc(-c4ccccc4)oc32)[nH]1. The Morgan fingerprint density at radius 1 is 0.947 bits per heavy atom. The van der Waals surface area contributed by atoms with Gasteiger partial charge < -0.3 is 9.40 Å². The Balaban J connectivity index is 2.03. The molecule has 2 aromatic heterocycles. The average Bonchev–Trinajstić information content (AvgIpc) is 3.01. The zero-order valence-corrected chi connectivity index (χ0v) is 10.6. The smallest absolute Gasteiger partial charge is 0.144 e. The maximum atomic E-state index is 6.06. The summed E-state index contributed by atoms with van der Waals surface area (Å²) in [6, 6.07) is 18.6. The summed E-state index contributed by atoms with van der Waals surface area (Å²) < 4.78 is 6.06. The van der Waals surface area contributed by atoms with Gasteiger partial charge in [0.25, 0.3) is 0 Å². The summed E-state index contributed by atoms with van der Waals surface area (Å²) >= 11 is 0. The van der Waals surface area contributed by atoms with Crippen molar-refractivity contribution >= 4 is 21.9 Å². The number of aromatic amines is 1. The summed E-state index contributed by atoms with van der Waals surface area (Å²) in [7, 11) is 0. The number of H-pyrrole nitrogens is 1. The highest BCUT2D eigenvalue weighted by atomic mass is 16.3. The van der Waals surface area contributed by atoms with Crippen molar-refractivity contribution < 1.29 is 4.42 Å². The number of hydrogen-bond donors (Lipinski definition) is 1. The zero-order valence-electron chi connectivity index (χ0n) is 10.6. The summed E-state index contributed by atoms with van der Waals surface area (Å²) in [6.45, 7) is 2.06. The molecule has 0 aliphatic heterocycles. The lowest BCUT2D eigenvalue weighted by molar-refractivity contribution is 0.635. The molecule has 1 N–H and O–H groups in total. The van der Waals surface area contributed by atoms with Crippen LogP contribution in [0.1, 0.15) is 5.69 Å². The van der Waals surface area contributed by atoms with Crippen molar-refractivity contribution in [1.82, 2.24) is 4.98 Å². The fourth-order valence-electron chi connectivity index (χ4n) is 2.59. The van der Waals surface area contributed by atoms with E-state index in [1.165, 1.54) is 0 Å². The van der Waals surface area contributed by atoms with Crippen LogP contribution in [0.3, 0.4) is 0 Å². The van der Waals surface area contributed by atoms with Crippen LogP contribution < -0.4 is 0 Å². The molecule has 0 unspecified atom stereocenters. The Hall–Kier alpha value is -2.48. The fourth-order valence-corrected chi connectivity index (χ4v) is 2.59. The Morgan fingerprint density at radius 2 is 1.79 bits per heavy atom. The molecule has 92 valence electrons. The first kappa shape index (κ1) is 10.4. The van der Waals surface area contributed by atoms with Crippen LogP contribution in [0.2, 0.25) is 0 Å². The molecule has 4 aromatic rings. The molecule has 19 heavy (non-hydrogen) atoms. The van der Waals surface area contributed by atoms with Gasteiger partial charge in [-0.25, -0.2) is 0 Å². The predicted molar refractivity (Wildman–Crippen MR) is 78.2 cm³/mol. The molecule has 0 aliphatic rings. The normalized spacial score (nSPS) is 11.4. The first-order valence-corrected chi connectivity index (χ1v) is 6.38. The third kappa shape index (κ3) is 1.57. The third-order valence-electron chi connectivity index (χ3n) is 3.48. The molecule has 0 atom stereocenters. The van der Waals surface area contributed by atoms with Gasteiger partial charge >= 0.3 is 0 Å². The van der Waals surface area contributed by atoms with Gasteiger partial charge in [-0.15, -0.1) is 0 Å². The number of furan rings is 1. The number of fused-ring (bicyclic) bond motifs is 3. The quantitative estimate of drug-likeness (QED) is 0.509. The second-order valence-corrected chi connectivity index (χ2v) is 4.87. The van der Waals surface area contributed by atoms with Gasteiger partial charge in [-0.05, 0) is 31.2 Å². The van der Waals surface area contributed by atoms with Crippen molar-refractivity contribution in [3.05, 3.63) is 60.3 Å². The van der Waals surface area contributed by atoms with Gasteiger partial charge in [0, 0.05) is 27.5 Å². The second kappa shape index (κ2) is 3.75. The van der Waals surface area contributed by atoms with Crippen molar-refractivity contribution in [2.45, 2.75) is 6.92 Å². The third-order valence-corrected chi connectivity index (χ3v) is 3.48. The lowest BCUT2D eigenvalue weighted by atomic mass is 10.1. The van der Waals surface area contributed by atoms with Crippen molar-refractivity contribution in [3.8, 4) is 11.3 Å². The van der Waals surface area contributed by atoms with Crippen LogP contribution in [-0.4, -0.2) is 4.98 Å². The lowest BCUT2D eigenvalue weighted by Crippen LogP contribution is -1.69. The molecule has 2 heteroatoms. The predicted octanol–water partition coefficient (Wildman–Crippen LogP) is 4.89. The minimum absolute atomic E-state index is 0.918. The van der Waals surface area contributed by atoms with Crippen LogP contribution in [0.25, 0.3) is 33.2 Å². The Bertz CT molecular complexity index is 868. The van der Waals surface area contributed by atoms with Gasteiger partial charge in [0.2, 0.25) is 0 Å². The molecule has 2 nitrogen and oxygen atoms in total. The van der Waals surface area contributed by atoms with Gasteiger partial charge in [0.05, 0.1) is 0 Å². The van der Waals surface area contributed by atoms with E-state index >= 15 is 0 Å². The lowest BCUT2D eigenvalue weighted by Gasteiger charge is -1.94.